The molecule has 2 atom stereocenters. The first-order chi connectivity index (χ1) is 7.19. The summed E-state index contributed by atoms with van der Waals surface area (Å²) in [6.07, 6.45) is 2.16. The molecule has 4 heteroatoms. The Hall–Kier alpha value is -0.160. The largest absolute Gasteiger partial charge is 0.379 e. The number of nitrogens with one attached hydrogen (secondary N) is 1. The topological polar surface area (TPSA) is 50.5 Å². The molecule has 0 amide bonds. The molecule has 1 rings (SSSR count). The molecule has 0 aliphatic carbocycles. The summed E-state index contributed by atoms with van der Waals surface area (Å²) in [4.78, 5) is 2.50. The van der Waals surface area contributed by atoms with Crippen LogP contribution in [-0.4, -0.2) is 42.8 Å². The maximum Gasteiger partial charge on any atom is 0.0594 e. The van der Waals surface area contributed by atoms with Crippen molar-refractivity contribution in [2.45, 2.75) is 45.2 Å². The zero-order valence-electron chi connectivity index (χ0n) is 10.3. The predicted octanol–water partition coefficient (Wildman–Crippen LogP) is 0.729. The number of nitrogens with zero attached hydrogens (tertiary/aromatic N) is 1. The number of ether oxygens (including phenoxy) is 1. The summed E-state index contributed by atoms with van der Waals surface area (Å²) in [5.74, 6) is 5.64. The summed E-state index contributed by atoms with van der Waals surface area (Å²) in [6, 6.07) is 0.348. The number of hydrazine groups is 1. The van der Waals surface area contributed by atoms with Crippen molar-refractivity contribution >= 4 is 0 Å². The van der Waals surface area contributed by atoms with Crippen LogP contribution >= 0.6 is 0 Å². The van der Waals surface area contributed by atoms with E-state index < -0.39 is 0 Å². The van der Waals surface area contributed by atoms with Gasteiger partial charge in [-0.05, 0) is 19.8 Å². The molecule has 0 radical (unpaired) electrons. The van der Waals surface area contributed by atoms with E-state index in [-0.39, 0.29) is 5.54 Å². The van der Waals surface area contributed by atoms with Gasteiger partial charge in [0.05, 0.1) is 13.2 Å². The van der Waals surface area contributed by atoms with Gasteiger partial charge in [-0.3, -0.25) is 16.2 Å². The second-order valence-corrected chi connectivity index (χ2v) is 4.44. The van der Waals surface area contributed by atoms with Gasteiger partial charge >= 0.3 is 0 Å². The molecule has 0 bridgehead atoms. The van der Waals surface area contributed by atoms with Gasteiger partial charge < -0.3 is 4.74 Å². The summed E-state index contributed by atoms with van der Waals surface area (Å²) in [5.41, 5.74) is 3.10. The van der Waals surface area contributed by atoms with Crippen LogP contribution in [0.5, 0.6) is 0 Å². The van der Waals surface area contributed by atoms with Gasteiger partial charge in [-0.2, -0.15) is 0 Å². The standard InChI is InChI=1S/C11H25N3O/c1-4-10(13-12)11(3,5-2)14-6-8-15-9-7-14/h10,13H,4-9,12H2,1-3H3. The second kappa shape index (κ2) is 5.80. The lowest BCUT2D eigenvalue weighted by atomic mass is 9.85. The highest BCUT2D eigenvalue weighted by Crippen LogP contribution is 2.26. The van der Waals surface area contributed by atoms with E-state index in [4.69, 9.17) is 10.6 Å². The second-order valence-electron chi connectivity index (χ2n) is 4.44. The van der Waals surface area contributed by atoms with Crippen LogP contribution in [0.3, 0.4) is 0 Å². The molecule has 1 saturated heterocycles. The highest BCUT2D eigenvalue weighted by Gasteiger charge is 2.37. The maximum absolute atomic E-state index is 5.64. The lowest BCUT2D eigenvalue weighted by molar-refractivity contribution is -0.0328. The van der Waals surface area contributed by atoms with Gasteiger partial charge in [0, 0.05) is 24.7 Å². The molecule has 0 saturated carbocycles. The minimum atomic E-state index is 0.146. The van der Waals surface area contributed by atoms with Crippen molar-refractivity contribution < 1.29 is 4.74 Å². The number of hydrogen-bond acceptors (Lipinski definition) is 4. The van der Waals surface area contributed by atoms with E-state index in [1.807, 2.05) is 0 Å². The average Bonchev–Trinajstić information content (AvgIpc) is 2.31. The van der Waals surface area contributed by atoms with Crippen LogP contribution < -0.4 is 11.3 Å². The molecule has 0 aromatic carbocycles. The van der Waals surface area contributed by atoms with Gasteiger partial charge in [0.2, 0.25) is 0 Å². The highest BCUT2D eigenvalue weighted by atomic mass is 16.5. The summed E-state index contributed by atoms with van der Waals surface area (Å²) < 4.78 is 5.39. The van der Waals surface area contributed by atoms with Crippen LogP contribution in [0.2, 0.25) is 0 Å². The molecule has 1 aliphatic rings. The molecule has 90 valence electrons. The zero-order chi connectivity index (χ0) is 11.3. The van der Waals surface area contributed by atoms with Gasteiger partial charge in [0.15, 0.2) is 0 Å². The normalized spacial score (nSPS) is 24.8. The molecule has 2 unspecified atom stereocenters. The fourth-order valence-corrected chi connectivity index (χ4v) is 2.50. The van der Waals surface area contributed by atoms with Crippen molar-refractivity contribution in [3.05, 3.63) is 0 Å². The minimum Gasteiger partial charge on any atom is -0.379 e. The third-order valence-corrected chi connectivity index (χ3v) is 3.81. The molecule has 15 heavy (non-hydrogen) atoms. The first-order valence-corrected chi connectivity index (χ1v) is 5.98. The Bertz CT molecular complexity index is 179. The molecule has 0 aromatic rings. The smallest absolute Gasteiger partial charge is 0.0594 e. The van der Waals surface area contributed by atoms with E-state index in [0.717, 1.165) is 39.1 Å². The van der Waals surface area contributed by atoms with Gasteiger partial charge in [0.1, 0.15) is 0 Å². The highest BCUT2D eigenvalue weighted by molar-refractivity contribution is 4.95. The van der Waals surface area contributed by atoms with Crippen molar-refractivity contribution in [1.82, 2.24) is 10.3 Å². The van der Waals surface area contributed by atoms with Crippen molar-refractivity contribution in [3.63, 3.8) is 0 Å². The average molecular weight is 215 g/mol. The van der Waals surface area contributed by atoms with Gasteiger partial charge in [-0.15, -0.1) is 0 Å². The molecule has 1 heterocycles. The first-order valence-electron chi connectivity index (χ1n) is 5.98. The fraction of sp³-hybridized carbons (Fsp3) is 1.00. The van der Waals surface area contributed by atoms with E-state index in [9.17, 15) is 0 Å². The van der Waals surface area contributed by atoms with Crippen LogP contribution in [-0.2, 0) is 4.74 Å². The molecule has 4 nitrogen and oxygen atoms in total. The van der Waals surface area contributed by atoms with E-state index in [2.05, 4.69) is 31.1 Å². The molecule has 0 aromatic heterocycles. The lowest BCUT2D eigenvalue weighted by Crippen LogP contribution is -2.62. The molecule has 1 aliphatic heterocycles. The van der Waals surface area contributed by atoms with E-state index >= 15 is 0 Å². The van der Waals surface area contributed by atoms with Crippen LogP contribution in [0.25, 0.3) is 0 Å². The third-order valence-electron chi connectivity index (χ3n) is 3.81. The number of hydrogen-bond donors (Lipinski definition) is 2. The number of rotatable bonds is 5. The van der Waals surface area contributed by atoms with Crippen molar-refractivity contribution in [1.29, 1.82) is 0 Å². The molecular weight excluding hydrogens is 190 g/mol. The zero-order valence-corrected chi connectivity index (χ0v) is 10.3. The van der Waals surface area contributed by atoms with Crippen molar-refractivity contribution in [2.75, 3.05) is 26.3 Å². The van der Waals surface area contributed by atoms with E-state index in [1.54, 1.807) is 0 Å². The van der Waals surface area contributed by atoms with Crippen LogP contribution in [0.1, 0.15) is 33.6 Å². The van der Waals surface area contributed by atoms with Gasteiger partial charge in [-0.1, -0.05) is 13.8 Å². The van der Waals surface area contributed by atoms with Crippen LogP contribution in [0.15, 0.2) is 0 Å². The molecular formula is C11H25N3O. The third kappa shape index (κ3) is 2.69. The van der Waals surface area contributed by atoms with Crippen molar-refractivity contribution in [3.8, 4) is 0 Å². The van der Waals surface area contributed by atoms with Gasteiger partial charge in [0.25, 0.3) is 0 Å². The number of nitrogens with two attached hydrogens (primary N) is 1. The molecule has 0 spiro atoms. The SMILES string of the molecule is CCC(NN)C(C)(CC)N1CCOCC1. The summed E-state index contributed by atoms with van der Waals surface area (Å²) in [7, 11) is 0. The monoisotopic (exact) mass is 215 g/mol. The first kappa shape index (κ1) is 12.9. The molecule has 3 N–H and O–H groups in total. The van der Waals surface area contributed by atoms with Crippen molar-refractivity contribution in [2.24, 2.45) is 5.84 Å². The Kier molecular flexibility index (Phi) is 4.99. The fourth-order valence-electron chi connectivity index (χ4n) is 2.50. The minimum absolute atomic E-state index is 0.146. The maximum atomic E-state index is 5.64. The molecule has 1 fully saturated rings. The van der Waals surface area contributed by atoms with E-state index in [1.165, 1.54) is 0 Å². The van der Waals surface area contributed by atoms with E-state index in [0.29, 0.717) is 6.04 Å². The Morgan fingerprint density at radius 3 is 2.40 bits per heavy atom. The Morgan fingerprint density at radius 1 is 1.40 bits per heavy atom. The quantitative estimate of drug-likeness (QED) is 0.524. The summed E-state index contributed by atoms with van der Waals surface area (Å²) in [6.45, 7) is 10.4. The van der Waals surface area contributed by atoms with Crippen LogP contribution in [0.4, 0.5) is 0 Å². The van der Waals surface area contributed by atoms with Crippen LogP contribution in [0, 0.1) is 0 Å². The Balaban J connectivity index is 2.71. The summed E-state index contributed by atoms with van der Waals surface area (Å²) >= 11 is 0. The number of morpholine rings is 1. The Labute approximate surface area is 93.1 Å². The lowest BCUT2D eigenvalue weighted by Gasteiger charge is -2.47. The van der Waals surface area contributed by atoms with Gasteiger partial charge in [-0.25, -0.2) is 0 Å². The summed E-state index contributed by atoms with van der Waals surface area (Å²) in [5, 5.41) is 0. The predicted molar refractivity (Wildman–Crippen MR) is 62.5 cm³/mol. The Morgan fingerprint density at radius 2 is 2.00 bits per heavy atom.